The molecule has 0 aromatic heterocycles. The average molecular weight is 199 g/mol. The Morgan fingerprint density at radius 2 is 2.23 bits per heavy atom. The molecule has 7 heteroatoms. The fourth-order valence-corrected chi connectivity index (χ4v) is 0.806. The van der Waals surface area contributed by atoms with Gasteiger partial charge >= 0.3 is 12.1 Å². The fraction of sp³-hybridized carbons (Fsp3) is 0.833. The summed E-state index contributed by atoms with van der Waals surface area (Å²) in [6, 6.07) is 0. The van der Waals surface area contributed by atoms with Gasteiger partial charge in [-0.1, -0.05) is 0 Å². The number of carbonyl (C=O) groups is 1. The van der Waals surface area contributed by atoms with Crippen LogP contribution in [0.15, 0.2) is 0 Å². The van der Waals surface area contributed by atoms with Crippen molar-refractivity contribution in [3.05, 3.63) is 0 Å². The highest BCUT2D eigenvalue weighted by atomic mass is 19.4. The van der Waals surface area contributed by atoms with Crippen LogP contribution >= 0.6 is 0 Å². The average Bonchev–Trinajstić information content (AvgIpc) is 2.33. The number of hydrogen-bond donors (Lipinski definition) is 1. The molecule has 4 nitrogen and oxygen atoms in total. The molecule has 13 heavy (non-hydrogen) atoms. The van der Waals surface area contributed by atoms with Crippen LogP contribution in [0.25, 0.3) is 0 Å². The summed E-state index contributed by atoms with van der Waals surface area (Å²) in [5, 5.41) is 0. The number of carbonyl (C=O) groups excluding carboxylic acids is 1. The first kappa shape index (κ1) is 10.3. The van der Waals surface area contributed by atoms with Crippen molar-refractivity contribution in [2.45, 2.75) is 18.7 Å². The van der Waals surface area contributed by atoms with Crippen molar-refractivity contribution in [3.8, 4) is 0 Å². The Labute approximate surface area is 71.9 Å². The van der Waals surface area contributed by atoms with Crippen LogP contribution in [0.4, 0.5) is 13.2 Å². The predicted molar refractivity (Wildman–Crippen MR) is 34.5 cm³/mol. The summed E-state index contributed by atoms with van der Waals surface area (Å²) in [6.07, 6.45) is -4.95. The largest absolute Gasteiger partial charge is 0.490 e. The summed E-state index contributed by atoms with van der Waals surface area (Å²) in [7, 11) is 0. The van der Waals surface area contributed by atoms with E-state index in [2.05, 4.69) is 15.1 Å². The van der Waals surface area contributed by atoms with E-state index >= 15 is 0 Å². The lowest BCUT2D eigenvalue weighted by molar-refractivity contribution is -0.211. The highest BCUT2D eigenvalue weighted by Gasteiger charge is 2.46. The van der Waals surface area contributed by atoms with Crippen LogP contribution in [0.2, 0.25) is 0 Å². The molecule has 1 rings (SSSR count). The zero-order valence-electron chi connectivity index (χ0n) is 6.77. The third-order valence-corrected chi connectivity index (χ3v) is 1.50. The molecule has 0 aromatic rings. The van der Waals surface area contributed by atoms with Crippen molar-refractivity contribution >= 4 is 5.97 Å². The van der Waals surface area contributed by atoms with E-state index in [1.165, 1.54) is 6.92 Å². The summed E-state index contributed by atoms with van der Waals surface area (Å²) in [6.45, 7) is 1.32. The van der Waals surface area contributed by atoms with E-state index in [1.807, 2.05) is 0 Å². The molecule has 1 N–H and O–H groups in total. The van der Waals surface area contributed by atoms with Crippen molar-refractivity contribution in [3.63, 3.8) is 0 Å². The molecule has 0 amide bonds. The Balaban J connectivity index is 2.53. The van der Waals surface area contributed by atoms with E-state index in [0.29, 0.717) is 0 Å². The van der Waals surface area contributed by atoms with Gasteiger partial charge in [0.15, 0.2) is 0 Å². The van der Waals surface area contributed by atoms with E-state index < -0.39 is 17.7 Å². The smallest absolute Gasteiger partial charge is 0.449 e. The molecule has 1 atom stereocenters. The van der Waals surface area contributed by atoms with Gasteiger partial charge in [-0.3, -0.25) is 4.84 Å². The quantitative estimate of drug-likeness (QED) is 0.620. The molecule has 0 aromatic carbocycles. The summed E-state index contributed by atoms with van der Waals surface area (Å²) in [4.78, 5) is 15.0. The van der Waals surface area contributed by atoms with E-state index in [0.717, 1.165) is 0 Å². The minimum Gasteiger partial charge on any atom is -0.449 e. The number of nitrogens with one attached hydrogen (secondary N) is 1. The van der Waals surface area contributed by atoms with Crippen molar-refractivity contribution in [2.75, 3.05) is 13.2 Å². The maximum absolute atomic E-state index is 11.7. The zero-order valence-corrected chi connectivity index (χ0v) is 6.77. The van der Waals surface area contributed by atoms with E-state index in [1.54, 1.807) is 0 Å². The van der Waals surface area contributed by atoms with Crippen molar-refractivity contribution in [1.29, 1.82) is 0 Å². The van der Waals surface area contributed by atoms with Gasteiger partial charge in [0.1, 0.15) is 12.2 Å². The summed E-state index contributed by atoms with van der Waals surface area (Å²) >= 11 is 0. The first-order valence-corrected chi connectivity index (χ1v) is 3.48. The second-order valence-corrected chi connectivity index (χ2v) is 2.95. The third-order valence-electron chi connectivity index (χ3n) is 1.50. The molecular formula is C6H8F3NO3. The molecule has 0 aliphatic carbocycles. The van der Waals surface area contributed by atoms with Gasteiger partial charge in [0.25, 0.3) is 0 Å². The molecule has 1 heterocycles. The second-order valence-electron chi connectivity index (χ2n) is 2.95. The minimum absolute atomic E-state index is 0.0504. The van der Waals surface area contributed by atoms with Crippen LogP contribution in [-0.2, 0) is 14.4 Å². The highest BCUT2D eigenvalue weighted by molar-refractivity contribution is 5.76. The second kappa shape index (κ2) is 3.15. The van der Waals surface area contributed by atoms with Crippen LogP contribution in [0.3, 0.4) is 0 Å². The topological polar surface area (TPSA) is 47.6 Å². The fourth-order valence-electron chi connectivity index (χ4n) is 0.806. The van der Waals surface area contributed by atoms with Gasteiger partial charge < -0.3 is 4.74 Å². The standard InChI is InChI=1S/C6H8F3NO3/c1-5(2-10-12-3-5)13-4(11)6(7,8)9/h10H,2-3H2,1H3. The third kappa shape index (κ3) is 2.56. The summed E-state index contributed by atoms with van der Waals surface area (Å²) < 4.78 is 39.4. The lowest BCUT2D eigenvalue weighted by Gasteiger charge is -2.21. The molecule has 1 unspecified atom stereocenters. The first-order chi connectivity index (χ1) is 5.83. The number of esters is 1. The lowest BCUT2D eigenvalue weighted by atomic mass is 10.1. The van der Waals surface area contributed by atoms with Gasteiger partial charge in [0.05, 0.1) is 6.54 Å². The van der Waals surface area contributed by atoms with Gasteiger partial charge in [-0.25, -0.2) is 4.79 Å². The number of hydrogen-bond acceptors (Lipinski definition) is 4. The summed E-state index contributed by atoms with van der Waals surface area (Å²) in [5.74, 6) is -2.19. The van der Waals surface area contributed by atoms with Gasteiger partial charge in [0.2, 0.25) is 0 Å². The molecule has 0 bridgehead atoms. The lowest BCUT2D eigenvalue weighted by Crippen LogP contribution is -2.41. The normalized spacial score (nSPS) is 28.9. The zero-order chi connectivity index (χ0) is 10.1. The van der Waals surface area contributed by atoms with Gasteiger partial charge in [-0.05, 0) is 6.92 Å². The molecule has 1 saturated heterocycles. The number of ether oxygens (including phenoxy) is 1. The first-order valence-electron chi connectivity index (χ1n) is 3.48. The van der Waals surface area contributed by atoms with Crippen LogP contribution in [0, 0.1) is 0 Å². The molecule has 0 spiro atoms. The van der Waals surface area contributed by atoms with Crippen molar-refractivity contribution in [1.82, 2.24) is 5.48 Å². The van der Waals surface area contributed by atoms with Crippen LogP contribution in [0.1, 0.15) is 6.92 Å². The van der Waals surface area contributed by atoms with Crippen molar-refractivity contribution in [2.24, 2.45) is 0 Å². The Morgan fingerprint density at radius 1 is 1.62 bits per heavy atom. The molecule has 76 valence electrons. The monoisotopic (exact) mass is 199 g/mol. The van der Waals surface area contributed by atoms with Gasteiger partial charge in [0, 0.05) is 0 Å². The summed E-state index contributed by atoms with van der Waals surface area (Å²) in [5.41, 5.74) is 1.10. The van der Waals surface area contributed by atoms with Crippen LogP contribution in [-0.4, -0.2) is 30.9 Å². The molecule has 0 saturated carbocycles. The van der Waals surface area contributed by atoms with Gasteiger partial charge in [-0.2, -0.15) is 18.7 Å². The maximum atomic E-state index is 11.7. The van der Waals surface area contributed by atoms with E-state index in [4.69, 9.17) is 0 Å². The Bertz CT molecular complexity index is 210. The Morgan fingerprint density at radius 3 is 2.62 bits per heavy atom. The maximum Gasteiger partial charge on any atom is 0.490 e. The van der Waals surface area contributed by atoms with E-state index in [-0.39, 0.29) is 13.2 Å². The highest BCUT2D eigenvalue weighted by Crippen LogP contribution is 2.22. The molecule has 1 aliphatic rings. The SMILES string of the molecule is CC1(OC(=O)C(F)(F)F)CNOC1. The molecule has 1 fully saturated rings. The van der Waals surface area contributed by atoms with Crippen molar-refractivity contribution < 1.29 is 27.5 Å². The number of hydroxylamine groups is 1. The Kier molecular flexibility index (Phi) is 2.49. The Hall–Kier alpha value is -0.820. The molecule has 0 radical (unpaired) electrons. The number of halogens is 3. The number of rotatable bonds is 1. The minimum atomic E-state index is -4.95. The number of alkyl halides is 3. The van der Waals surface area contributed by atoms with Crippen LogP contribution < -0.4 is 5.48 Å². The molecular weight excluding hydrogens is 191 g/mol. The van der Waals surface area contributed by atoms with E-state index in [9.17, 15) is 18.0 Å². The van der Waals surface area contributed by atoms with Gasteiger partial charge in [-0.15, -0.1) is 0 Å². The predicted octanol–water partition coefficient (Wildman–Crippen LogP) is 0.385. The molecule has 1 aliphatic heterocycles. The van der Waals surface area contributed by atoms with Crippen LogP contribution in [0.5, 0.6) is 0 Å².